The van der Waals surface area contributed by atoms with E-state index in [0.29, 0.717) is 0 Å². The first-order valence-electron chi connectivity index (χ1n) is 9.79. The van der Waals surface area contributed by atoms with Crippen molar-refractivity contribution >= 4 is 28.0 Å². The molecule has 1 aromatic heterocycles. The number of nitrogens with one attached hydrogen (secondary N) is 1. The van der Waals surface area contributed by atoms with Crippen molar-refractivity contribution in [2.45, 2.75) is 86.0 Å². The van der Waals surface area contributed by atoms with Crippen LogP contribution < -0.4 is 9.03 Å². The second kappa shape index (κ2) is 12.1. The number of aromatic nitrogens is 2. The van der Waals surface area contributed by atoms with Crippen molar-refractivity contribution in [2.24, 2.45) is 0 Å². The van der Waals surface area contributed by atoms with Crippen LogP contribution in [0.15, 0.2) is 12.3 Å². The van der Waals surface area contributed by atoms with Crippen LogP contribution in [-0.2, 0) is 0 Å². The van der Waals surface area contributed by atoms with Gasteiger partial charge in [0.2, 0.25) is 0 Å². The zero-order valence-electron chi connectivity index (χ0n) is 15.8. The average Bonchev–Trinajstić information content (AvgIpc) is 2.60. The zero-order chi connectivity index (χ0) is 17.0. The van der Waals surface area contributed by atoms with Crippen LogP contribution >= 0.6 is 0 Å². The topological polar surface area (TPSA) is 37.8 Å². The molecule has 0 radical (unpaired) electrons. The fraction of sp³-hybridized carbons (Fsp3) is 0.789. The van der Waals surface area contributed by atoms with Crippen LogP contribution in [0.3, 0.4) is 0 Å². The van der Waals surface area contributed by atoms with Gasteiger partial charge in [0.15, 0.2) is 0 Å². The Morgan fingerprint density at radius 1 is 0.870 bits per heavy atom. The molecule has 3 nitrogen and oxygen atoms in total. The van der Waals surface area contributed by atoms with E-state index < -0.39 is 18.4 Å². The Kier molecular flexibility index (Phi) is 10.9. The van der Waals surface area contributed by atoms with E-state index in [1.165, 1.54) is 55.5 Å². The summed E-state index contributed by atoms with van der Waals surface area (Å²) in [6.07, 6.45) is 11.2. The molecule has 0 aliphatic carbocycles. The van der Waals surface area contributed by atoms with Crippen LogP contribution in [-0.4, -0.2) is 34.9 Å². The molecule has 0 unspecified atom stereocenters. The van der Waals surface area contributed by atoms with E-state index >= 15 is 0 Å². The standard InChI is InChI=1S/C7H10N3.3C4H9.Sn/c1-2-4-8-7-9-5-3-6-10-7;3*1-3-4-2;/h3,5H,2,4H2,1H3,(H,8,9,10);3*1,3-4H2,2H3;. The molecule has 23 heavy (non-hydrogen) atoms. The molecule has 0 atom stereocenters. The Balaban J connectivity index is 3.07. The number of nitrogens with zero attached hydrogens (tertiary/aromatic N) is 2. The Bertz CT molecular complexity index is 401. The Morgan fingerprint density at radius 3 is 1.91 bits per heavy atom. The van der Waals surface area contributed by atoms with Crippen molar-refractivity contribution in [1.29, 1.82) is 0 Å². The van der Waals surface area contributed by atoms with E-state index in [4.69, 9.17) is 4.98 Å². The van der Waals surface area contributed by atoms with Crippen molar-refractivity contribution in [3.05, 3.63) is 12.3 Å². The van der Waals surface area contributed by atoms with Crippen molar-refractivity contribution in [3.8, 4) is 0 Å². The first-order chi connectivity index (χ1) is 11.2. The third kappa shape index (κ3) is 6.98. The second-order valence-electron chi connectivity index (χ2n) is 6.78. The van der Waals surface area contributed by atoms with Crippen LogP contribution in [0.25, 0.3) is 0 Å². The molecule has 1 heterocycles. The number of hydrogen-bond donors (Lipinski definition) is 1. The molecule has 0 spiro atoms. The van der Waals surface area contributed by atoms with Gasteiger partial charge in [-0.05, 0) is 0 Å². The fourth-order valence-electron chi connectivity index (χ4n) is 3.28. The predicted molar refractivity (Wildman–Crippen MR) is 105 cm³/mol. The summed E-state index contributed by atoms with van der Waals surface area (Å²) in [7, 11) is 0. The summed E-state index contributed by atoms with van der Waals surface area (Å²) in [6.45, 7) is 10.1. The van der Waals surface area contributed by atoms with Gasteiger partial charge in [-0.2, -0.15) is 0 Å². The molecule has 1 rings (SSSR count). The van der Waals surface area contributed by atoms with Gasteiger partial charge in [-0.25, -0.2) is 0 Å². The average molecular weight is 426 g/mol. The van der Waals surface area contributed by atoms with Gasteiger partial charge in [-0.3, -0.25) is 0 Å². The SMILES string of the molecule is CCC[CH2][Sn]([CH2]CCC)([CH2]CCC)[c]1ccnc(NCCC)n1. The van der Waals surface area contributed by atoms with Crippen molar-refractivity contribution in [2.75, 3.05) is 11.9 Å². The number of unbranched alkanes of at least 4 members (excludes halogenated alkanes) is 3. The van der Waals surface area contributed by atoms with Crippen LogP contribution in [0, 0.1) is 0 Å². The Labute approximate surface area is 148 Å². The molecular formula is C19H37N3Sn. The molecule has 4 heteroatoms. The van der Waals surface area contributed by atoms with Crippen LogP contribution in [0.2, 0.25) is 13.3 Å². The summed E-state index contributed by atoms with van der Waals surface area (Å²) < 4.78 is 5.88. The van der Waals surface area contributed by atoms with E-state index in [1.807, 2.05) is 6.20 Å². The van der Waals surface area contributed by atoms with Gasteiger partial charge < -0.3 is 0 Å². The summed E-state index contributed by atoms with van der Waals surface area (Å²) in [5, 5.41) is 3.39. The molecular weight excluding hydrogens is 389 g/mol. The van der Waals surface area contributed by atoms with Gasteiger partial charge in [-0.15, -0.1) is 0 Å². The van der Waals surface area contributed by atoms with Gasteiger partial charge in [0.05, 0.1) is 0 Å². The van der Waals surface area contributed by atoms with E-state index in [2.05, 4.69) is 44.1 Å². The van der Waals surface area contributed by atoms with Crippen LogP contribution in [0.4, 0.5) is 5.95 Å². The van der Waals surface area contributed by atoms with Gasteiger partial charge in [0.1, 0.15) is 0 Å². The predicted octanol–water partition coefficient (Wildman–Crippen LogP) is 5.35. The van der Waals surface area contributed by atoms with Gasteiger partial charge >= 0.3 is 148 Å². The molecule has 0 saturated carbocycles. The molecule has 0 aliphatic heterocycles. The first kappa shape index (κ1) is 20.7. The molecule has 0 bridgehead atoms. The van der Waals surface area contributed by atoms with Crippen molar-refractivity contribution in [1.82, 2.24) is 9.97 Å². The quantitative estimate of drug-likeness (QED) is 0.432. The van der Waals surface area contributed by atoms with E-state index in [0.717, 1.165) is 18.9 Å². The maximum atomic E-state index is 5.01. The molecule has 1 N–H and O–H groups in total. The Morgan fingerprint density at radius 2 is 1.43 bits per heavy atom. The molecule has 132 valence electrons. The molecule has 0 amide bonds. The summed E-state index contributed by atoms with van der Waals surface area (Å²) >= 11 is -2.39. The summed E-state index contributed by atoms with van der Waals surface area (Å²) in [5.41, 5.74) is 0. The molecule has 0 aromatic carbocycles. The third-order valence-electron chi connectivity index (χ3n) is 4.76. The molecule has 1 aromatic rings. The number of anilines is 1. The third-order valence-corrected chi connectivity index (χ3v) is 19.9. The van der Waals surface area contributed by atoms with Gasteiger partial charge in [-0.1, -0.05) is 0 Å². The zero-order valence-corrected chi connectivity index (χ0v) is 18.7. The molecule has 0 aliphatic rings. The Hall–Kier alpha value is -0.321. The molecule has 0 fully saturated rings. The summed E-state index contributed by atoms with van der Waals surface area (Å²) in [5.74, 6) is 0.856. The maximum absolute atomic E-state index is 5.01. The second-order valence-corrected chi connectivity index (χ2v) is 19.8. The van der Waals surface area contributed by atoms with Crippen LogP contribution in [0.5, 0.6) is 0 Å². The van der Waals surface area contributed by atoms with E-state index in [1.54, 1.807) is 0 Å². The minimum absolute atomic E-state index is 0.856. The van der Waals surface area contributed by atoms with E-state index in [9.17, 15) is 0 Å². The normalized spacial score (nSPS) is 11.7. The van der Waals surface area contributed by atoms with Gasteiger partial charge in [0, 0.05) is 0 Å². The van der Waals surface area contributed by atoms with Crippen LogP contribution in [0.1, 0.15) is 72.6 Å². The first-order valence-corrected chi connectivity index (χ1v) is 17.3. The minimum atomic E-state index is -2.39. The number of rotatable bonds is 13. The monoisotopic (exact) mass is 427 g/mol. The summed E-state index contributed by atoms with van der Waals surface area (Å²) in [6, 6.07) is 2.26. The molecule has 0 saturated heterocycles. The fourth-order valence-corrected chi connectivity index (χ4v) is 18.6. The van der Waals surface area contributed by atoms with E-state index in [-0.39, 0.29) is 0 Å². The van der Waals surface area contributed by atoms with Gasteiger partial charge in [0.25, 0.3) is 0 Å². The van der Waals surface area contributed by atoms with Crippen molar-refractivity contribution in [3.63, 3.8) is 0 Å². The van der Waals surface area contributed by atoms with Crippen molar-refractivity contribution < 1.29 is 0 Å². The summed E-state index contributed by atoms with van der Waals surface area (Å²) in [4.78, 5) is 9.46. The number of hydrogen-bond acceptors (Lipinski definition) is 3.